The summed E-state index contributed by atoms with van der Waals surface area (Å²) >= 11 is 0. The van der Waals surface area contributed by atoms with E-state index in [9.17, 15) is 0 Å². The summed E-state index contributed by atoms with van der Waals surface area (Å²) in [6, 6.07) is 0.572. The van der Waals surface area contributed by atoms with Crippen LogP contribution in [0.2, 0.25) is 0 Å². The van der Waals surface area contributed by atoms with Crippen LogP contribution >= 0.6 is 0 Å². The van der Waals surface area contributed by atoms with E-state index in [1.807, 2.05) is 0 Å². The van der Waals surface area contributed by atoms with Gasteiger partial charge in [-0.1, -0.05) is 0 Å². The van der Waals surface area contributed by atoms with E-state index in [2.05, 4.69) is 21.3 Å². The summed E-state index contributed by atoms with van der Waals surface area (Å²) in [5.41, 5.74) is 5.55. The molecule has 6 N–H and O–H groups in total. The summed E-state index contributed by atoms with van der Waals surface area (Å²) in [5.74, 6) is 0. The summed E-state index contributed by atoms with van der Waals surface area (Å²) in [5, 5.41) is 13.8. The highest BCUT2D eigenvalue weighted by Gasteiger charge is 2.06. The van der Waals surface area contributed by atoms with Crippen molar-refractivity contribution in [2.75, 3.05) is 45.9 Å². The van der Waals surface area contributed by atoms with Crippen molar-refractivity contribution in [1.29, 1.82) is 0 Å². The average molecular weight is 229 g/mol. The highest BCUT2D eigenvalue weighted by Crippen LogP contribution is 1.95. The zero-order valence-corrected chi connectivity index (χ0v) is 10.2. The first kappa shape index (κ1) is 13.9. The van der Waals surface area contributed by atoms with Crippen LogP contribution < -0.4 is 27.0 Å². The third-order valence-electron chi connectivity index (χ3n) is 2.84. The smallest absolute Gasteiger partial charge is 0.0454 e. The van der Waals surface area contributed by atoms with Gasteiger partial charge in [-0.25, -0.2) is 0 Å². The predicted octanol–water partition coefficient (Wildman–Crippen LogP) is -1.19. The van der Waals surface area contributed by atoms with Crippen LogP contribution in [0, 0.1) is 0 Å². The molecule has 0 radical (unpaired) electrons. The fourth-order valence-corrected chi connectivity index (χ4v) is 1.88. The maximum atomic E-state index is 5.55. The van der Waals surface area contributed by atoms with Crippen LogP contribution in [0.1, 0.15) is 19.3 Å². The normalized spacial score (nSPS) is 25.7. The Hall–Kier alpha value is -0.200. The monoisotopic (exact) mass is 229 g/mol. The molecular formula is C11H27N5. The maximum Gasteiger partial charge on any atom is 0.0454 e. The van der Waals surface area contributed by atoms with E-state index in [1.165, 1.54) is 12.8 Å². The summed E-state index contributed by atoms with van der Waals surface area (Å²) in [7, 11) is 0. The Labute approximate surface area is 98.9 Å². The zero-order chi connectivity index (χ0) is 11.5. The molecule has 5 nitrogen and oxygen atoms in total. The second-order valence-corrected chi connectivity index (χ2v) is 4.32. The molecular weight excluding hydrogens is 202 g/mol. The number of nitrogens with one attached hydrogen (secondary N) is 4. The molecule has 1 fully saturated rings. The van der Waals surface area contributed by atoms with Gasteiger partial charge in [0.1, 0.15) is 0 Å². The van der Waals surface area contributed by atoms with E-state index in [0.29, 0.717) is 6.04 Å². The number of hydrogen-bond donors (Lipinski definition) is 5. The topological polar surface area (TPSA) is 74.1 Å². The zero-order valence-electron chi connectivity index (χ0n) is 10.2. The third-order valence-corrected chi connectivity index (χ3v) is 2.84. The van der Waals surface area contributed by atoms with E-state index < -0.39 is 0 Å². The molecule has 1 saturated heterocycles. The van der Waals surface area contributed by atoms with Crippen molar-refractivity contribution in [2.24, 2.45) is 5.73 Å². The molecule has 16 heavy (non-hydrogen) atoms. The molecule has 1 aliphatic rings. The third kappa shape index (κ3) is 7.14. The van der Waals surface area contributed by atoms with Crippen LogP contribution in [0.15, 0.2) is 0 Å². The first-order valence-electron chi connectivity index (χ1n) is 6.49. The van der Waals surface area contributed by atoms with Crippen LogP contribution in [0.4, 0.5) is 0 Å². The largest absolute Gasteiger partial charge is 0.330 e. The summed E-state index contributed by atoms with van der Waals surface area (Å²) in [4.78, 5) is 0. The van der Waals surface area contributed by atoms with Gasteiger partial charge in [-0.15, -0.1) is 0 Å². The molecule has 0 aromatic rings. The Balaban J connectivity index is 2.19. The minimum atomic E-state index is 0.572. The highest BCUT2D eigenvalue weighted by molar-refractivity contribution is 4.71. The first-order valence-corrected chi connectivity index (χ1v) is 6.49. The van der Waals surface area contributed by atoms with Crippen molar-refractivity contribution in [1.82, 2.24) is 21.3 Å². The van der Waals surface area contributed by atoms with Gasteiger partial charge in [-0.05, 0) is 38.9 Å². The molecule has 1 aliphatic heterocycles. The Morgan fingerprint density at radius 3 is 2.69 bits per heavy atom. The second-order valence-electron chi connectivity index (χ2n) is 4.32. The molecule has 0 aromatic heterocycles. The second kappa shape index (κ2) is 9.99. The Morgan fingerprint density at radius 1 is 1.00 bits per heavy atom. The predicted molar refractivity (Wildman–Crippen MR) is 68.4 cm³/mol. The fraction of sp³-hybridized carbons (Fsp3) is 1.00. The van der Waals surface area contributed by atoms with Gasteiger partial charge < -0.3 is 27.0 Å². The maximum absolute atomic E-state index is 5.55. The molecule has 0 aliphatic carbocycles. The van der Waals surface area contributed by atoms with Crippen molar-refractivity contribution < 1.29 is 0 Å². The van der Waals surface area contributed by atoms with Crippen LogP contribution in [0.5, 0.6) is 0 Å². The highest BCUT2D eigenvalue weighted by atomic mass is 15.1. The molecule has 1 rings (SSSR count). The van der Waals surface area contributed by atoms with E-state index in [4.69, 9.17) is 5.73 Å². The van der Waals surface area contributed by atoms with Gasteiger partial charge in [0.05, 0.1) is 0 Å². The first-order chi connectivity index (χ1) is 7.93. The van der Waals surface area contributed by atoms with Crippen LogP contribution in [0.3, 0.4) is 0 Å². The van der Waals surface area contributed by atoms with Gasteiger partial charge in [-0.2, -0.15) is 0 Å². The summed E-state index contributed by atoms with van der Waals surface area (Å²) < 4.78 is 0. The molecule has 0 saturated carbocycles. The van der Waals surface area contributed by atoms with Crippen molar-refractivity contribution >= 4 is 0 Å². The average Bonchev–Trinajstić information content (AvgIpc) is 2.28. The number of hydrogen-bond acceptors (Lipinski definition) is 5. The van der Waals surface area contributed by atoms with E-state index in [-0.39, 0.29) is 0 Å². The van der Waals surface area contributed by atoms with Gasteiger partial charge in [0.15, 0.2) is 0 Å². The lowest BCUT2D eigenvalue weighted by Crippen LogP contribution is -2.44. The van der Waals surface area contributed by atoms with Gasteiger partial charge in [0.25, 0.3) is 0 Å². The Morgan fingerprint density at radius 2 is 1.81 bits per heavy atom. The van der Waals surface area contributed by atoms with Crippen molar-refractivity contribution in [3.05, 3.63) is 0 Å². The fourth-order valence-electron chi connectivity index (χ4n) is 1.88. The molecule has 1 atom stereocenters. The molecule has 1 heterocycles. The van der Waals surface area contributed by atoms with Gasteiger partial charge in [-0.3, -0.25) is 0 Å². The van der Waals surface area contributed by atoms with E-state index in [0.717, 1.165) is 52.4 Å². The van der Waals surface area contributed by atoms with Crippen LogP contribution in [-0.2, 0) is 0 Å². The molecule has 0 spiro atoms. The van der Waals surface area contributed by atoms with E-state index >= 15 is 0 Å². The Kier molecular flexibility index (Phi) is 8.65. The summed E-state index contributed by atoms with van der Waals surface area (Å²) in [6.07, 6.45) is 3.46. The van der Waals surface area contributed by atoms with Crippen molar-refractivity contribution in [3.8, 4) is 0 Å². The molecule has 1 unspecified atom stereocenters. The van der Waals surface area contributed by atoms with Crippen molar-refractivity contribution in [3.63, 3.8) is 0 Å². The van der Waals surface area contributed by atoms with Gasteiger partial charge in [0.2, 0.25) is 0 Å². The lowest BCUT2D eigenvalue weighted by molar-refractivity contribution is 0.421. The molecule has 0 bridgehead atoms. The standard InChI is InChI=1S/C11H27N5/c12-4-1-3-11-9-13-7-8-15-10-14-5-2-6-16-11/h11,13-16H,1-10,12H2. The number of rotatable bonds is 3. The van der Waals surface area contributed by atoms with E-state index in [1.54, 1.807) is 0 Å². The quantitative estimate of drug-likeness (QED) is 0.421. The summed E-state index contributed by atoms with van der Waals surface area (Å²) in [6.45, 7) is 6.98. The van der Waals surface area contributed by atoms with Crippen LogP contribution in [0.25, 0.3) is 0 Å². The molecule has 96 valence electrons. The van der Waals surface area contributed by atoms with Gasteiger partial charge in [0, 0.05) is 32.3 Å². The molecule has 5 heteroatoms. The SMILES string of the molecule is NCCCC1CNCCNCNCCCN1. The van der Waals surface area contributed by atoms with Gasteiger partial charge >= 0.3 is 0 Å². The Bertz CT molecular complexity index is 141. The lowest BCUT2D eigenvalue weighted by Gasteiger charge is -2.20. The van der Waals surface area contributed by atoms with Crippen molar-refractivity contribution in [2.45, 2.75) is 25.3 Å². The minimum Gasteiger partial charge on any atom is -0.330 e. The number of nitrogens with two attached hydrogens (primary N) is 1. The minimum absolute atomic E-state index is 0.572. The molecule has 0 aromatic carbocycles. The molecule has 0 amide bonds. The van der Waals surface area contributed by atoms with Crippen LogP contribution in [-0.4, -0.2) is 52.0 Å². The lowest BCUT2D eigenvalue weighted by atomic mass is 10.1.